The van der Waals surface area contributed by atoms with Crippen molar-refractivity contribution in [1.82, 2.24) is 10.6 Å². The SMILES string of the molecule is CN=C(NCc1cccc(OCC(C)C)c1)NCC1CCCO1. The molecule has 0 saturated carbocycles. The number of benzene rings is 1. The highest BCUT2D eigenvalue weighted by Gasteiger charge is 2.15. The molecule has 1 atom stereocenters. The van der Waals surface area contributed by atoms with Crippen molar-refractivity contribution in [3.8, 4) is 5.75 Å². The first kappa shape index (κ1) is 17.6. The van der Waals surface area contributed by atoms with Crippen molar-refractivity contribution >= 4 is 5.96 Å². The van der Waals surface area contributed by atoms with E-state index in [4.69, 9.17) is 9.47 Å². The van der Waals surface area contributed by atoms with Gasteiger partial charge in [-0.05, 0) is 36.5 Å². The Balaban J connectivity index is 1.77. The highest BCUT2D eigenvalue weighted by atomic mass is 16.5. The van der Waals surface area contributed by atoms with Gasteiger partial charge >= 0.3 is 0 Å². The lowest BCUT2D eigenvalue weighted by molar-refractivity contribution is 0.114. The number of hydrogen-bond acceptors (Lipinski definition) is 3. The first-order valence-corrected chi connectivity index (χ1v) is 8.45. The van der Waals surface area contributed by atoms with E-state index in [0.717, 1.165) is 44.3 Å². The summed E-state index contributed by atoms with van der Waals surface area (Å²) in [4.78, 5) is 4.25. The molecule has 23 heavy (non-hydrogen) atoms. The molecule has 0 amide bonds. The summed E-state index contributed by atoms with van der Waals surface area (Å²) in [5.74, 6) is 2.24. The fraction of sp³-hybridized carbons (Fsp3) is 0.611. The standard InChI is InChI=1S/C18H29N3O2/c1-14(2)13-23-16-7-4-6-15(10-16)11-20-18(19-3)21-12-17-8-5-9-22-17/h4,6-7,10,14,17H,5,8-9,11-13H2,1-3H3,(H2,19,20,21). The minimum atomic E-state index is 0.307. The summed E-state index contributed by atoms with van der Waals surface area (Å²) in [6.45, 7) is 7.43. The topological polar surface area (TPSA) is 54.9 Å². The van der Waals surface area contributed by atoms with Gasteiger partial charge in [-0.2, -0.15) is 0 Å². The molecular weight excluding hydrogens is 290 g/mol. The molecule has 1 saturated heterocycles. The molecule has 5 nitrogen and oxygen atoms in total. The van der Waals surface area contributed by atoms with Crippen LogP contribution in [0.4, 0.5) is 0 Å². The fourth-order valence-electron chi connectivity index (χ4n) is 2.43. The molecular formula is C18H29N3O2. The predicted molar refractivity (Wildman–Crippen MR) is 94.0 cm³/mol. The van der Waals surface area contributed by atoms with Crippen molar-refractivity contribution in [1.29, 1.82) is 0 Å². The second-order valence-electron chi connectivity index (χ2n) is 6.29. The van der Waals surface area contributed by atoms with Gasteiger partial charge in [0.05, 0.1) is 12.7 Å². The molecule has 0 bridgehead atoms. The maximum Gasteiger partial charge on any atom is 0.191 e. The van der Waals surface area contributed by atoms with Gasteiger partial charge in [-0.1, -0.05) is 26.0 Å². The van der Waals surface area contributed by atoms with E-state index in [1.807, 2.05) is 12.1 Å². The van der Waals surface area contributed by atoms with E-state index >= 15 is 0 Å². The van der Waals surface area contributed by atoms with Crippen LogP contribution in [0.3, 0.4) is 0 Å². The molecule has 0 spiro atoms. The zero-order valence-corrected chi connectivity index (χ0v) is 14.5. The summed E-state index contributed by atoms with van der Waals surface area (Å²) in [5, 5.41) is 6.65. The zero-order valence-electron chi connectivity index (χ0n) is 14.5. The summed E-state index contributed by atoms with van der Waals surface area (Å²) in [5.41, 5.74) is 1.17. The van der Waals surface area contributed by atoms with Crippen LogP contribution >= 0.6 is 0 Å². The second-order valence-corrected chi connectivity index (χ2v) is 6.29. The zero-order chi connectivity index (χ0) is 16.5. The molecule has 1 aliphatic rings. The summed E-state index contributed by atoms with van der Waals surface area (Å²) in [7, 11) is 1.78. The van der Waals surface area contributed by atoms with Gasteiger partial charge in [0.15, 0.2) is 5.96 Å². The number of nitrogens with one attached hydrogen (secondary N) is 2. The van der Waals surface area contributed by atoms with Gasteiger partial charge in [0.25, 0.3) is 0 Å². The first-order valence-electron chi connectivity index (χ1n) is 8.45. The van der Waals surface area contributed by atoms with Crippen LogP contribution in [0.2, 0.25) is 0 Å². The monoisotopic (exact) mass is 319 g/mol. The fourth-order valence-corrected chi connectivity index (χ4v) is 2.43. The van der Waals surface area contributed by atoms with Crippen LogP contribution in [0.1, 0.15) is 32.3 Å². The van der Waals surface area contributed by atoms with Crippen LogP contribution in [0.25, 0.3) is 0 Å². The number of nitrogens with zero attached hydrogens (tertiary/aromatic N) is 1. The summed E-state index contributed by atoms with van der Waals surface area (Å²) in [6.07, 6.45) is 2.59. The third-order valence-corrected chi connectivity index (χ3v) is 3.69. The molecule has 1 heterocycles. The Hall–Kier alpha value is -1.75. The Morgan fingerprint density at radius 1 is 1.39 bits per heavy atom. The maximum atomic E-state index is 5.77. The third kappa shape index (κ3) is 6.48. The lowest BCUT2D eigenvalue weighted by Crippen LogP contribution is -2.40. The van der Waals surface area contributed by atoms with Gasteiger partial charge < -0.3 is 20.1 Å². The highest BCUT2D eigenvalue weighted by Crippen LogP contribution is 2.14. The molecule has 0 aromatic heterocycles. The molecule has 128 valence electrons. The molecule has 1 aromatic rings. The minimum absolute atomic E-state index is 0.307. The van der Waals surface area contributed by atoms with E-state index in [9.17, 15) is 0 Å². The molecule has 0 radical (unpaired) electrons. The van der Waals surface area contributed by atoms with Crippen molar-refractivity contribution in [3.05, 3.63) is 29.8 Å². The number of guanidine groups is 1. The van der Waals surface area contributed by atoms with Gasteiger partial charge in [0.2, 0.25) is 0 Å². The Kier molecular flexibility index (Phi) is 7.20. The summed E-state index contributed by atoms with van der Waals surface area (Å²) >= 11 is 0. The number of rotatable bonds is 7. The van der Waals surface area contributed by atoms with Gasteiger partial charge in [-0.3, -0.25) is 4.99 Å². The van der Waals surface area contributed by atoms with Crippen molar-refractivity contribution in [2.24, 2.45) is 10.9 Å². The molecule has 2 rings (SSSR count). The van der Waals surface area contributed by atoms with E-state index in [1.54, 1.807) is 7.05 Å². The van der Waals surface area contributed by atoms with Crippen LogP contribution in [-0.2, 0) is 11.3 Å². The maximum absolute atomic E-state index is 5.77. The summed E-state index contributed by atoms with van der Waals surface area (Å²) in [6, 6.07) is 8.18. The lowest BCUT2D eigenvalue weighted by Gasteiger charge is -2.15. The van der Waals surface area contributed by atoms with E-state index in [-0.39, 0.29) is 0 Å². The van der Waals surface area contributed by atoms with Gasteiger partial charge in [0.1, 0.15) is 5.75 Å². The number of aliphatic imine (C=N–C) groups is 1. The van der Waals surface area contributed by atoms with E-state index in [0.29, 0.717) is 18.6 Å². The van der Waals surface area contributed by atoms with Gasteiger partial charge in [0, 0.05) is 26.7 Å². The van der Waals surface area contributed by atoms with Crippen LogP contribution < -0.4 is 15.4 Å². The molecule has 1 fully saturated rings. The van der Waals surface area contributed by atoms with E-state index < -0.39 is 0 Å². The van der Waals surface area contributed by atoms with E-state index in [2.05, 4.69) is 41.6 Å². The third-order valence-electron chi connectivity index (χ3n) is 3.69. The van der Waals surface area contributed by atoms with Crippen molar-refractivity contribution in [3.63, 3.8) is 0 Å². The molecule has 1 aromatic carbocycles. The Morgan fingerprint density at radius 2 is 2.26 bits per heavy atom. The van der Waals surface area contributed by atoms with Crippen molar-refractivity contribution < 1.29 is 9.47 Å². The first-order chi connectivity index (χ1) is 11.2. The van der Waals surface area contributed by atoms with Crippen LogP contribution in [-0.4, -0.2) is 38.9 Å². The quantitative estimate of drug-likeness (QED) is 0.599. The average Bonchev–Trinajstić information content (AvgIpc) is 3.07. The van der Waals surface area contributed by atoms with E-state index in [1.165, 1.54) is 5.56 Å². The number of ether oxygens (including phenoxy) is 2. The van der Waals surface area contributed by atoms with Crippen LogP contribution in [0, 0.1) is 5.92 Å². The minimum Gasteiger partial charge on any atom is -0.493 e. The number of hydrogen-bond donors (Lipinski definition) is 2. The molecule has 5 heteroatoms. The van der Waals surface area contributed by atoms with Crippen molar-refractivity contribution in [2.75, 3.05) is 26.8 Å². The largest absolute Gasteiger partial charge is 0.493 e. The van der Waals surface area contributed by atoms with Crippen LogP contribution in [0.5, 0.6) is 5.75 Å². The van der Waals surface area contributed by atoms with Crippen LogP contribution in [0.15, 0.2) is 29.3 Å². The molecule has 2 N–H and O–H groups in total. The summed E-state index contributed by atoms with van der Waals surface area (Å²) < 4.78 is 11.4. The molecule has 1 unspecified atom stereocenters. The lowest BCUT2D eigenvalue weighted by atomic mass is 10.2. The Morgan fingerprint density at radius 3 is 2.96 bits per heavy atom. The normalized spacial score (nSPS) is 18.3. The van der Waals surface area contributed by atoms with Gasteiger partial charge in [-0.25, -0.2) is 0 Å². The Bertz CT molecular complexity index is 497. The average molecular weight is 319 g/mol. The van der Waals surface area contributed by atoms with Gasteiger partial charge in [-0.15, -0.1) is 0 Å². The Labute approximate surface area is 139 Å². The molecule has 0 aliphatic carbocycles. The highest BCUT2D eigenvalue weighted by molar-refractivity contribution is 5.79. The smallest absolute Gasteiger partial charge is 0.191 e. The second kappa shape index (κ2) is 9.40. The molecule has 1 aliphatic heterocycles. The van der Waals surface area contributed by atoms with Crippen molar-refractivity contribution in [2.45, 2.75) is 39.3 Å². The predicted octanol–water partition coefficient (Wildman–Crippen LogP) is 2.57.